The number of nitrogens with one attached hydrogen (secondary N) is 2. The molecular weight excluding hydrogens is 432 g/mol. The quantitative estimate of drug-likeness (QED) is 0.434. The Bertz CT molecular complexity index is 1280. The lowest BCUT2D eigenvalue weighted by Gasteiger charge is -2.05. The van der Waals surface area contributed by atoms with Crippen LogP contribution in [0.5, 0.6) is 0 Å². The third-order valence-electron chi connectivity index (χ3n) is 4.60. The Morgan fingerprint density at radius 3 is 2.66 bits per heavy atom. The normalized spacial score (nSPS) is 10.7. The van der Waals surface area contributed by atoms with Crippen LogP contribution in [0.25, 0.3) is 22.8 Å². The van der Waals surface area contributed by atoms with E-state index in [1.54, 1.807) is 48.7 Å². The largest absolute Gasteiger partial charge is 0.467 e. The van der Waals surface area contributed by atoms with E-state index in [-0.39, 0.29) is 29.8 Å². The minimum Gasteiger partial charge on any atom is -0.467 e. The minimum atomic E-state index is -0.444. The second kappa shape index (κ2) is 9.07. The van der Waals surface area contributed by atoms with Gasteiger partial charge in [-0.25, -0.2) is 9.97 Å². The molecule has 162 valence electrons. The summed E-state index contributed by atoms with van der Waals surface area (Å²) in [7, 11) is 0. The highest BCUT2D eigenvalue weighted by Gasteiger charge is 2.24. The van der Waals surface area contributed by atoms with E-state index in [1.807, 2.05) is 6.92 Å². The molecule has 0 fully saturated rings. The summed E-state index contributed by atoms with van der Waals surface area (Å²) in [5, 5.41) is 5.83. The molecule has 1 aromatic carbocycles. The summed E-state index contributed by atoms with van der Waals surface area (Å²) < 4.78 is 11.3. The van der Waals surface area contributed by atoms with Crippen LogP contribution in [0.3, 0.4) is 0 Å². The number of aromatic nitrogens is 2. The highest BCUT2D eigenvalue weighted by Crippen LogP contribution is 2.35. The van der Waals surface area contributed by atoms with Gasteiger partial charge in [0.1, 0.15) is 11.6 Å². The number of carbonyl (C=O) groups is 2. The summed E-state index contributed by atoms with van der Waals surface area (Å²) in [6, 6.07) is 12.2. The summed E-state index contributed by atoms with van der Waals surface area (Å²) in [5.74, 6) is 0.690. The third-order valence-corrected chi connectivity index (χ3v) is 4.93. The van der Waals surface area contributed by atoms with E-state index in [2.05, 4.69) is 20.6 Å². The molecule has 4 aromatic rings. The van der Waals surface area contributed by atoms with E-state index in [0.717, 1.165) is 5.56 Å². The van der Waals surface area contributed by atoms with Crippen molar-refractivity contribution in [1.82, 2.24) is 15.3 Å². The number of amides is 2. The van der Waals surface area contributed by atoms with Gasteiger partial charge < -0.3 is 19.5 Å². The standard InChI is InChI=1S/C23H19ClN4O4/c1-13-11-25-19(27-14(2)29)10-17(13)23-28-20(22(30)26-12-15-6-5-9-31-15)21(32-23)16-7-3-4-8-18(16)24/h3-11H,12H2,1-2H3,(H,26,30)(H,25,27,29). The number of benzene rings is 1. The van der Waals surface area contributed by atoms with Gasteiger partial charge in [-0.1, -0.05) is 23.7 Å². The van der Waals surface area contributed by atoms with Gasteiger partial charge in [-0.05, 0) is 42.8 Å². The van der Waals surface area contributed by atoms with Crippen LogP contribution in [-0.2, 0) is 11.3 Å². The number of aryl methyl sites for hydroxylation is 1. The Morgan fingerprint density at radius 1 is 1.12 bits per heavy atom. The van der Waals surface area contributed by atoms with Crippen LogP contribution in [0.1, 0.15) is 28.7 Å². The average Bonchev–Trinajstić information content (AvgIpc) is 3.43. The molecule has 0 radical (unpaired) electrons. The van der Waals surface area contributed by atoms with Crippen molar-refractivity contribution in [2.24, 2.45) is 0 Å². The van der Waals surface area contributed by atoms with Crippen molar-refractivity contribution < 1.29 is 18.4 Å². The number of furan rings is 1. The number of pyridine rings is 1. The van der Waals surface area contributed by atoms with Crippen molar-refractivity contribution in [2.45, 2.75) is 20.4 Å². The maximum Gasteiger partial charge on any atom is 0.274 e. The van der Waals surface area contributed by atoms with Crippen LogP contribution >= 0.6 is 11.6 Å². The average molecular weight is 451 g/mol. The van der Waals surface area contributed by atoms with Crippen LogP contribution in [0.2, 0.25) is 5.02 Å². The lowest BCUT2D eigenvalue weighted by atomic mass is 10.1. The van der Waals surface area contributed by atoms with Crippen LogP contribution < -0.4 is 10.6 Å². The number of anilines is 1. The molecule has 8 nitrogen and oxygen atoms in total. The minimum absolute atomic E-state index is 0.0805. The van der Waals surface area contributed by atoms with Gasteiger partial charge in [-0.2, -0.15) is 0 Å². The molecule has 4 rings (SSSR count). The van der Waals surface area contributed by atoms with Gasteiger partial charge in [0.25, 0.3) is 5.91 Å². The first-order chi connectivity index (χ1) is 15.4. The fourth-order valence-corrected chi connectivity index (χ4v) is 3.31. The molecule has 0 saturated heterocycles. The van der Waals surface area contributed by atoms with Gasteiger partial charge in [0.15, 0.2) is 11.5 Å². The number of carbonyl (C=O) groups excluding carboxylic acids is 2. The molecule has 0 saturated carbocycles. The Labute approximate surface area is 188 Å². The Morgan fingerprint density at radius 2 is 1.94 bits per heavy atom. The second-order valence-corrected chi connectivity index (χ2v) is 7.41. The lowest BCUT2D eigenvalue weighted by Crippen LogP contribution is -2.23. The van der Waals surface area contributed by atoms with E-state index in [9.17, 15) is 9.59 Å². The van der Waals surface area contributed by atoms with Crippen molar-refractivity contribution in [1.29, 1.82) is 0 Å². The van der Waals surface area contributed by atoms with Gasteiger partial charge in [0.05, 0.1) is 17.8 Å². The topological polar surface area (TPSA) is 110 Å². The fraction of sp³-hybridized carbons (Fsp3) is 0.130. The Balaban J connectivity index is 1.77. The first-order valence-electron chi connectivity index (χ1n) is 9.73. The summed E-state index contributed by atoms with van der Waals surface area (Å²) in [6.07, 6.45) is 3.13. The van der Waals surface area contributed by atoms with Crippen LogP contribution in [0.4, 0.5) is 5.82 Å². The van der Waals surface area contributed by atoms with E-state index in [1.165, 1.54) is 13.2 Å². The van der Waals surface area contributed by atoms with Crippen LogP contribution in [0, 0.1) is 6.92 Å². The molecule has 0 bridgehead atoms. The van der Waals surface area contributed by atoms with E-state index >= 15 is 0 Å². The third kappa shape index (κ3) is 4.55. The number of halogens is 1. The smallest absolute Gasteiger partial charge is 0.274 e. The van der Waals surface area contributed by atoms with Crippen molar-refractivity contribution >= 4 is 29.2 Å². The molecule has 3 aromatic heterocycles. The SMILES string of the molecule is CC(=O)Nc1cc(-c2nc(C(=O)NCc3ccco3)c(-c3ccccc3Cl)o2)c(C)cn1. The summed E-state index contributed by atoms with van der Waals surface area (Å²) in [6.45, 7) is 3.41. The number of hydrogen-bond acceptors (Lipinski definition) is 6. The predicted molar refractivity (Wildman–Crippen MR) is 119 cm³/mol. The van der Waals surface area contributed by atoms with Crippen molar-refractivity contribution in [3.05, 3.63) is 77.0 Å². The van der Waals surface area contributed by atoms with Crippen molar-refractivity contribution in [3.8, 4) is 22.8 Å². The lowest BCUT2D eigenvalue weighted by molar-refractivity contribution is -0.114. The molecule has 9 heteroatoms. The summed E-state index contributed by atoms with van der Waals surface area (Å²) in [4.78, 5) is 33.1. The maximum absolute atomic E-state index is 13.0. The zero-order valence-corrected chi connectivity index (χ0v) is 18.1. The van der Waals surface area contributed by atoms with E-state index in [0.29, 0.717) is 27.7 Å². The predicted octanol–water partition coefficient (Wildman–Crippen LogP) is 4.85. The first-order valence-corrected chi connectivity index (χ1v) is 10.1. The molecule has 0 aliphatic rings. The van der Waals surface area contributed by atoms with Crippen LogP contribution in [-0.4, -0.2) is 21.8 Å². The Kier molecular flexibility index (Phi) is 6.04. The van der Waals surface area contributed by atoms with E-state index < -0.39 is 5.91 Å². The molecule has 0 aliphatic heterocycles. The highest BCUT2D eigenvalue weighted by atomic mass is 35.5. The molecule has 32 heavy (non-hydrogen) atoms. The molecule has 2 amide bonds. The summed E-state index contributed by atoms with van der Waals surface area (Å²) >= 11 is 6.37. The molecule has 3 heterocycles. The van der Waals surface area contributed by atoms with E-state index in [4.69, 9.17) is 20.4 Å². The second-order valence-electron chi connectivity index (χ2n) is 7.00. The van der Waals surface area contributed by atoms with Crippen molar-refractivity contribution in [3.63, 3.8) is 0 Å². The monoisotopic (exact) mass is 450 g/mol. The number of oxazole rings is 1. The zero-order valence-electron chi connectivity index (χ0n) is 17.3. The van der Waals surface area contributed by atoms with Crippen molar-refractivity contribution in [2.75, 3.05) is 5.32 Å². The highest BCUT2D eigenvalue weighted by molar-refractivity contribution is 6.33. The summed E-state index contributed by atoms with van der Waals surface area (Å²) in [5.41, 5.74) is 1.96. The van der Waals surface area contributed by atoms with Crippen LogP contribution in [0.15, 0.2) is 63.8 Å². The molecule has 0 unspecified atom stereocenters. The van der Waals surface area contributed by atoms with Gasteiger partial charge >= 0.3 is 0 Å². The van der Waals surface area contributed by atoms with Gasteiger partial charge in [0, 0.05) is 24.2 Å². The molecule has 0 aliphatic carbocycles. The number of nitrogens with zero attached hydrogens (tertiary/aromatic N) is 2. The van der Waals surface area contributed by atoms with Gasteiger partial charge in [-0.3, -0.25) is 9.59 Å². The maximum atomic E-state index is 13.0. The molecule has 0 spiro atoms. The van der Waals surface area contributed by atoms with Gasteiger partial charge in [-0.15, -0.1) is 0 Å². The molecule has 0 atom stereocenters. The van der Waals surface area contributed by atoms with Gasteiger partial charge in [0.2, 0.25) is 11.8 Å². The number of rotatable bonds is 6. The fourth-order valence-electron chi connectivity index (χ4n) is 3.08. The zero-order chi connectivity index (χ0) is 22.7. The Hall–Kier alpha value is -3.91. The first kappa shape index (κ1) is 21.3. The number of hydrogen-bond donors (Lipinski definition) is 2. The molecular formula is C23H19ClN4O4. The molecule has 2 N–H and O–H groups in total.